The fraction of sp³-hybridized carbons (Fsp3) is 0.600. The highest BCUT2D eigenvalue weighted by atomic mass is 19.4. The van der Waals surface area contributed by atoms with Crippen LogP contribution in [-0.2, 0) is 0 Å². The monoisotopic (exact) mass is 305 g/mol. The average molecular weight is 305 g/mol. The second-order valence-electron chi connectivity index (χ2n) is 5.14. The smallest absolute Gasteiger partial charge is 0.401 e. The summed E-state index contributed by atoms with van der Waals surface area (Å²) in [6.07, 6.45) is -3.77. The van der Waals surface area contributed by atoms with E-state index in [4.69, 9.17) is 9.84 Å². The molecule has 1 rings (SSSR count). The van der Waals surface area contributed by atoms with E-state index in [1.807, 2.05) is 32.0 Å². The SMILES string of the molecule is Cc1cc(C)cc(OCCCN(CCO)CC(F)(F)F)c1. The molecule has 21 heavy (non-hydrogen) atoms. The predicted molar refractivity (Wildman–Crippen MR) is 75.6 cm³/mol. The highest BCUT2D eigenvalue weighted by Gasteiger charge is 2.30. The van der Waals surface area contributed by atoms with Crippen molar-refractivity contribution < 1.29 is 23.0 Å². The van der Waals surface area contributed by atoms with Crippen LogP contribution in [0, 0.1) is 13.8 Å². The number of ether oxygens (including phenoxy) is 1. The van der Waals surface area contributed by atoms with Crippen molar-refractivity contribution in [3.8, 4) is 5.75 Å². The number of hydrogen-bond donors (Lipinski definition) is 1. The first-order chi connectivity index (χ1) is 9.80. The summed E-state index contributed by atoms with van der Waals surface area (Å²) in [5.74, 6) is 0.733. The van der Waals surface area contributed by atoms with Crippen molar-refractivity contribution in [1.82, 2.24) is 4.90 Å². The fourth-order valence-corrected chi connectivity index (χ4v) is 2.16. The molecule has 1 aromatic carbocycles. The number of aryl methyl sites for hydroxylation is 2. The largest absolute Gasteiger partial charge is 0.494 e. The minimum Gasteiger partial charge on any atom is -0.494 e. The van der Waals surface area contributed by atoms with Gasteiger partial charge in [-0.1, -0.05) is 6.07 Å². The number of alkyl halides is 3. The number of rotatable bonds is 8. The molecule has 0 aliphatic rings. The van der Waals surface area contributed by atoms with Gasteiger partial charge in [0.2, 0.25) is 0 Å². The van der Waals surface area contributed by atoms with Gasteiger partial charge in [0.15, 0.2) is 0 Å². The lowest BCUT2D eigenvalue weighted by Gasteiger charge is -2.22. The van der Waals surface area contributed by atoms with Gasteiger partial charge in [0.1, 0.15) is 5.75 Å². The Bertz CT molecular complexity index is 415. The third-order valence-electron chi connectivity index (χ3n) is 2.90. The molecule has 0 amide bonds. The highest BCUT2D eigenvalue weighted by molar-refractivity contribution is 5.32. The second kappa shape index (κ2) is 8.24. The lowest BCUT2D eigenvalue weighted by atomic mass is 10.1. The van der Waals surface area contributed by atoms with Crippen molar-refractivity contribution in [2.24, 2.45) is 0 Å². The van der Waals surface area contributed by atoms with E-state index in [0.29, 0.717) is 13.0 Å². The Morgan fingerprint density at radius 2 is 1.71 bits per heavy atom. The number of aliphatic hydroxyl groups excluding tert-OH is 1. The normalized spacial score (nSPS) is 12.0. The Labute approximate surface area is 123 Å². The Kier molecular flexibility index (Phi) is 6.98. The molecule has 0 radical (unpaired) electrons. The van der Waals surface area contributed by atoms with E-state index in [1.54, 1.807) is 0 Å². The van der Waals surface area contributed by atoms with Crippen LogP contribution in [0.5, 0.6) is 5.75 Å². The van der Waals surface area contributed by atoms with Crippen molar-refractivity contribution in [2.75, 3.05) is 32.8 Å². The zero-order valence-corrected chi connectivity index (χ0v) is 12.4. The van der Waals surface area contributed by atoms with Crippen molar-refractivity contribution in [3.05, 3.63) is 29.3 Å². The molecule has 0 heterocycles. The van der Waals surface area contributed by atoms with Gasteiger partial charge < -0.3 is 9.84 Å². The van der Waals surface area contributed by atoms with Crippen LogP contribution >= 0.6 is 0 Å². The van der Waals surface area contributed by atoms with Gasteiger partial charge in [-0.15, -0.1) is 0 Å². The summed E-state index contributed by atoms with van der Waals surface area (Å²) >= 11 is 0. The number of halogens is 3. The molecule has 6 heteroatoms. The van der Waals surface area contributed by atoms with Gasteiger partial charge in [-0.05, 0) is 43.5 Å². The summed E-state index contributed by atoms with van der Waals surface area (Å²) in [5.41, 5.74) is 2.17. The van der Waals surface area contributed by atoms with Gasteiger partial charge >= 0.3 is 6.18 Å². The van der Waals surface area contributed by atoms with Crippen LogP contribution in [0.3, 0.4) is 0 Å². The van der Waals surface area contributed by atoms with E-state index in [-0.39, 0.29) is 19.7 Å². The number of benzene rings is 1. The van der Waals surface area contributed by atoms with Gasteiger partial charge in [-0.2, -0.15) is 13.2 Å². The molecule has 0 unspecified atom stereocenters. The molecular weight excluding hydrogens is 283 g/mol. The maximum atomic E-state index is 12.3. The summed E-state index contributed by atoms with van der Waals surface area (Å²) in [5, 5.41) is 8.79. The first-order valence-corrected chi connectivity index (χ1v) is 6.91. The maximum Gasteiger partial charge on any atom is 0.401 e. The topological polar surface area (TPSA) is 32.7 Å². The number of nitrogens with zero attached hydrogens (tertiary/aromatic N) is 1. The maximum absolute atomic E-state index is 12.3. The van der Waals surface area contributed by atoms with Gasteiger partial charge in [-0.25, -0.2) is 0 Å². The summed E-state index contributed by atoms with van der Waals surface area (Å²) in [4.78, 5) is 1.19. The molecule has 0 saturated heterocycles. The van der Waals surface area contributed by atoms with Gasteiger partial charge in [0, 0.05) is 13.1 Å². The molecule has 1 aromatic rings. The summed E-state index contributed by atoms with van der Waals surface area (Å²) in [6.45, 7) is 3.25. The minimum atomic E-state index is -4.25. The quantitative estimate of drug-likeness (QED) is 0.750. The first kappa shape index (κ1) is 17.8. The van der Waals surface area contributed by atoms with Crippen LogP contribution in [-0.4, -0.2) is 49.0 Å². The van der Waals surface area contributed by atoms with Crippen LogP contribution in [0.2, 0.25) is 0 Å². The summed E-state index contributed by atoms with van der Waals surface area (Å²) < 4.78 is 42.6. The Hall–Kier alpha value is -1.27. The van der Waals surface area contributed by atoms with Crippen molar-refractivity contribution in [2.45, 2.75) is 26.4 Å². The molecule has 3 nitrogen and oxygen atoms in total. The zero-order valence-electron chi connectivity index (χ0n) is 12.4. The highest BCUT2D eigenvalue weighted by Crippen LogP contribution is 2.18. The Morgan fingerprint density at radius 1 is 1.10 bits per heavy atom. The molecule has 0 aliphatic carbocycles. The van der Waals surface area contributed by atoms with Crippen LogP contribution in [0.25, 0.3) is 0 Å². The van der Waals surface area contributed by atoms with E-state index in [2.05, 4.69) is 0 Å². The lowest BCUT2D eigenvalue weighted by molar-refractivity contribution is -0.147. The minimum absolute atomic E-state index is 0.0169. The molecule has 0 aromatic heterocycles. The zero-order chi connectivity index (χ0) is 15.9. The Balaban J connectivity index is 2.36. The third kappa shape index (κ3) is 7.92. The molecule has 0 spiro atoms. The molecule has 120 valence electrons. The van der Waals surface area contributed by atoms with E-state index < -0.39 is 12.7 Å². The number of hydrogen-bond acceptors (Lipinski definition) is 3. The van der Waals surface area contributed by atoms with Crippen LogP contribution in [0.4, 0.5) is 13.2 Å². The molecule has 0 saturated carbocycles. The predicted octanol–water partition coefficient (Wildman–Crippen LogP) is 2.93. The molecule has 1 N–H and O–H groups in total. The Morgan fingerprint density at radius 3 is 2.24 bits per heavy atom. The molecular formula is C15H22F3NO2. The van der Waals surface area contributed by atoms with Gasteiger partial charge in [0.25, 0.3) is 0 Å². The van der Waals surface area contributed by atoms with E-state index in [9.17, 15) is 13.2 Å². The van der Waals surface area contributed by atoms with Crippen molar-refractivity contribution in [3.63, 3.8) is 0 Å². The van der Waals surface area contributed by atoms with Gasteiger partial charge in [0.05, 0.1) is 19.8 Å². The van der Waals surface area contributed by atoms with Crippen molar-refractivity contribution >= 4 is 0 Å². The molecule has 0 fully saturated rings. The standard InChI is InChI=1S/C15H22F3NO2/c1-12-8-13(2)10-14(9-12)21-7-3-4-19(5-6-20)11-15(16,17)18/h8-10,20H,3-7,11H2,1-2H3. The summed E-state index contributed by atoms with van der Waals surface area (Å²) in [6, 6.07) is 5.82. The van der Waals surface area contributed by atoms with Crippen LogP contribution in [0.15, 0.2) is 18.2 Å². The first-order valence-electron chi connectivity index (χ1n) is 6.91. The number of aliphatic hydroxyl groups is 1. The second-order valence-corrected chi connectivity index (χ2v) is 5.14. The fourth-order valence-electron chi connectivity index (χ4n) is 2.16. The van der Waals surface area contributed by atoms with Gasteiger partial charge in [-0.3, -0.25) is 4.90 Å². The van der Waals surface area contributed by atoms with Crippen LogP contribution < -0.4 is 4.74 Å². The van der Waals surface area contributed by atoms with E-state index in [0.717, 1.165) is 16.9 Å². The van der Waals surface area contributed by atoms with Crippen LogP contribution in [0.1, 0.15) is 17.5 Å². The van der Waals surface area contributed by atoms with E-state index in [1.165, 1.54) is 4.90 Å². The van der Waals surface area contributed by atoms with E-state index >= 15 is 0 Å². The molecule has 0 atom stereocenters. The average Bonchev–Trinajstić information content (AvgIpc) is 2.31. The lowest BCUT2D eigenvalue weighted by Crippen LogP contribution is -2.37. The molecule has 0 aliphatic heterocycles. The van der Waals surface area contributed by atoms with Crippen molar-refractivity contribution in [1.29, 1.82) is 0 Å². The molecule has 0 bridgehead atoms. The summed E-state index contributed by atoms with van der Waals surface area (Å²) in [7, 11) is 0. The third-order valence-corrected chi connectivity index (χ3v) is 2.90.